The van der Waals surface area contributed by atoms with Crippen molar-refractivity contribution in [3.8, 4) is 44.5 Å². The lowest BCUT2D eigenvalue weighted by Crippen LogP contribution is -2.11. The molecule has 0 bridgehead atoms. The van der Waals surface area contributed by atoms with E-state index in [1.807, 2.05) is 12.1 Å². The van der Waals surface area contributed by atoms with E-state index in [1.165, 1.54) is 55.6 Å². The lowest BCUT2D eigenvalue weighted by atomic mass is 9.84. The van der Waals surface area contributed by atoms with E-state index in [-0.39, 0.29) is 0 Å². The van der Waals surface area contributed by atoms with E-state index >= 15 is 0 Å². The molecule has 274 valence electrons. The maximum atomic E-state index is 6.19. The molecule has 0 unspecified atom stereocenters. The Bertz CT molecular complexity index is 3120. The fraction of sp³-hybridized carbons (Fsp3) is 0.0357. The second-order valence-corrected chi connectivity index (χ2v) is 15.3. The average molecular weight is 742 g/mol. The first kappa shape index (κ1) is 33.9. The Kier molecular flexibility index (Phi) is 8.33. The first-order chi connectivity index (χ1) is 28.7. The number of fused-ring (bicyclic) bond motifs is 9. The third-order valence-electron chi connectivity index (χ3n) is 11.8. The Labute approximate surface area is 338 Å². The van der Waals surface area contributed by atoms with Crippen molar-refractivity contribution in [1.29, 1.82) is 0 Å². The Morgan fingerprint density at radius 3 is 1.52 bits per heavy atom. The largest absolute Gasteiger partial charge is 0.456 e. The molecule has 2 heteroatoms. The first-order valence-electron chi connectivity index (χ1n) is 20.1. The van der Waals surface area contributed by atoms with Crippen molar-refractivity contribution in [1.82, 2.24) is 0 Å². The molecular weight excluding hydrogens is 703 g/mol. The summed E-state index contributed by atoms with van der Waals surface area (Å²) >= 11 is 0. The number of benzene rings is 9. The molecule has 0 atom stereocenters. The number of rotatable bonds is 5. The molecule has 0 fully saturated rings. The molecule has 0 aliphatic heterocycles. The lowest BCUT2D eigenvalue weighted by Gasteiger charge is -2.28. The molecule has 58 heavy (non-hydrogen) atoms. The van der Waals surface area contributed by atoms with Gasteiger partial charge in [-0.1, -0.05) is 158 Å². The molecule has 0 N–H and O–H groups in total. The summed E-state index contributed by atoms with van der Waals surface area (Å²) in [5.41, 5.74) is 20.3. The van der Waals surface area contributed by atoms with Crippen molar-refractivity contribution in [2.24, 2.45) is 0 Å². The Morgan fingerprint density at radius 1 is 0.293 bits per heavy atom. The predicted octanol–water partition coefficient (Wildman–Crippen LogP) is 15.2. The SMILES string of the molecule is c1ccc(-c2ccc(N(c3cccc(-c4ccc5oc6ccccc6c5c4)c3)c3ccc4c(c3)Cc3ccccc3-c3ccccc3Cc3ccccc3-4)cc2)cc1. The molecule has 0 saturated carbocycles. The van der Waals surface area contributed by atoms with Gasteiger partial charge >= 0.3 is 0 Å². The summed E-state index contributed by atoms with van der Waals surface area (Å²) in [7, 11) is 0. The van der Waals surface area contributed by atoms with Crippen LogP contribution in [0.3, 0.4) is 0 Å². The van der Waals surface area contributed by atoms with Crippen molar-refractivity contribution in [2.75, 3.05) is 4.90 Å². The molecule has 9 aromatic carbocycles. The highest BCUT2D eigenvalue weighted by molar-refractivity contribution is 6.06. The van der Waals surface area contributed by atoms with Crippen LogP contribution in [0.1, 0.15) is 22.3 Å². The molecule has 1 aromatic heterocycles. The lowest BCUT2D eigenvalue weighted by molar-refractivity contribution is 0.669. The van der Waals surface area contributed by atoms with Gasteiger partial charge in [0.05, 0.1) is 0 Å². The summed E-state index contributed by atoms with van der Waals surface area (Å²) in [6.45, 7) is 0. The van der Waals surface area contributed by atoms with Crippen LogP contribution in [-0.4, -0.2) is 0 Å². The van der Waals surface area contributed by atoms with E-state index in [1.54, 1.807) is 0 Å². The van der Waals surface area contributed by atoms with Crippen LogP contribution < -0.4 is 4.90 Å². The Balaban J connectivity index is 1.08. The maximum Gasteiger partial charge on any atom is 0.135 e. The highest BCUT2D eigenvalue weighted by Gasteiger charge is 2.21. The van der Waals surface area contributed by atoms with Crippen LogP contribution >= 0.6 is 0 Å². The van der Waals surface area contributed by atoms with Crippen LogP contribution in [0.2, 0.25) is 0 Å². The molecule has 0 spiro atoms. The summed E-state index contributed by atoms with van der Waals surface area (Å²) < 4.78 is 6.19. The number of furan rings is 1. The summed E-state index contributed by atoms with van der Waals surface area (Å²) in [4.78, 5) is 2.41. The maximum absolute atomic E-state index is 6.19. The minimum absolute atomic E-state index is 0.807. The normalized spacial score (nSPS) is 12.0. The molecule has 0 saturated heterocycles. The topological polar surface area (TPSA) is 16.4 Å². The molecule has 1 heterocycles. The molecule has 0 radical (unpaired) electrons. The monoisotopic (exact) mass is 741 g/mol. The zero-order chi connectivity index (χ0) is 38.4. The molecule has 1 aliphatic rings. The molecule has 10 aromatic rings. The number of para-hydroxylation sites is 1. The van der Waals surface area contributed by atoms with E-state index < -0.39 is 0 Å². The Hall–Kier alpha value is -7.42. The highest BCUT2D eigenvalue weighted by atomic mass is 16.3. The van der Waals surface area contributed by atoms with Gasteiger partial charge in [0, 0.05) is 27.8 Å². The fourth-order valence-corrected chi connectivity index (χ4v) is 8.96. The van der Waals surface area contributed by atoms with Gasteiger partial charge in [-0.3, -0.25) is 0 Å². The van der Waals surface area contributed by atoms with Gasteiger partial charge in [-0.05, 0) is 134 Å². The van der Waals surface area contributed by atoms with E-state index in [2.05, 4.69) is 205 Å². The van der Waals surface area contributed by atoms with Gasteiger partial charge in [0.15, 0.2) is 0 Å². The zero-order valence-corrected chi connectivity index (χ0v) is 32.0. The van der Waals surface area contributed by atoms with Crippen LogP contribution in [0.15, 0.2) is 217 Å². The van der Waals surface area contributed by atoms with E-state index in [9.17, 15) is 0 Å². The van der Waals surface area contributed by atoms with Crippen molar-refractivity contribution in [3.05, 3.63) is 235 Å². The zero-order valence-electron chi connectivity index (χ0n) is 32.0. The minimum Gasteiger partial charge on any atom is -0.456 e. The van der Waals surface area contributed by atoms with Gasteiger partial charge in [-0.2, -0.15) is 0 Å². The minimum atomic E-state index is 0.807. The molecule has 11 rings (SSSR count). The number of anilines is 3. The number of hydrogen-bond acceptors (Lipinski definition) is 2. The van der Waals surface area contributed by atoms with Crippen molar-refractivity contribution in [2.45, 2.75) is 12.8 Å². The molecular formula is C56H39NO. The van der Waals surface area contributed by atoms with E-state index in [4.69, 9.17) is 4.42 Å². The molecule has 1 aliphatic carbocycles. The van der Waals surface area contributed by atoms with Crippen LogP contribution in [-0.2, 0) is 12.8 Å². The average Bonchev–Trinajstić information content (AvgIpc) is 3.66. The van der Waals surface area contributed by atoms with E-state index in [0.717, 1.165) is 63.0 Å². The van der Waals surface area contributed by atoms with Gasteiger partial charge in [0.2, 0.25) is 0 Å². The van der Waals surface area contributed by atoms with Crippen molar-refractivity contribution in [3.63, 3.8) is 0 Å². The molecule has 2 nitrogen and oxygen atoms in total. The second-order valence-electron chi connectivity index (χ2n) is 15.3. The Morgan fingerprint density at radius 2 is 0.793 bits per heavy atom. The summed E-state index contributed by atoms with van der Waals surface area (Å²) in [6, 6.07) is 77.3. The smallest absolute Gasteiger partial charge is 0.135 e. The number of hydrogen-bond donors (Lipinski definition) is 0. The predicted molar refractivity (Wildman–Crippen MR) is 242 cm³/mol. The quantitative estimate of drug-likeness (QED) is 0.175. The summed E-state index contributed by atoms with van der Waals surface area (Å²) in [5.74, 6) is 0. The van der Waals surface area contributed by atoms with Gasteiger partial charge < -0.3 is 9.32 Å². The van der Waals surface area contributed by atoms with Crippen LogP contribution in [0.25, 0.3) is 66.4 Å². The third-order valence-corrected chi connectivity index (χ3v) is 11.8. The third kappa shape index (κ3) is 6.07. The van der Waals surface area contributed by atoms with Crippen LogP contribution in [0.4, 0.5) is 17.1 Å². The second kappa shape index (κ2) is 14.3. The van der Waals surface area contributed by atoms with Crippen molar-refractivity contribution < 1.29 is 4.42 Å². The number of nitrogens with zero attached hydrogens (tertiary/aromatic N) is 1. The van der Waals surface area contributed by atoms with Gasteiger partial charge in [0.1, 0.15) is 11.2 Å². The fourth-order valence-electron chi connectivity index (χ4n) is 8.96. The van der Waals surface area contributed by atoms with Crippen LogP contribution in [0.5, 0.6) is 0 Å². The van der Waals surface area contributed by atoms with Gasteiger partial charge in [-0.15, -0.1) is 0 Å². The highest BCUT2D eigenvalue weighted by Crippen LogP contribution is 2.43. The van der Waals surface area contributed by atoms with E-state index in [0.29, 0.717) is 0 Å². The van der Waals surface area contributed by atoms with Crippen LogP contribution in [0, 0.1) is 0 Å². The van der Waals surface area contributed by atoms with Gasteiger partial charge in [0.25, 0.3) is 0 Å². The van der Waals surface area contributed by atoms with Gasteiger partial charge in [-0.25, -0.2) is 0 Å². The molecule has 0 amide bonds. The van der Waals surface area contributed by atoms with Crippen molar-refractivity contribution >= 4 is 39.0 Å². The first-order valence-corrected chi connectivity index (χ1v) is 20.1. The summed E-state index contributed by atoms with van der Waals surface area (Å²) in [6.07, 6.45) is 1.68. The standard InChI is InChI=1S/C56H39NO/c1-2-13-38(14-3-1)39-25-28-46(29-26-39)57(47-19-12-18-40(35-47)41-27-32-56-54(37-41)53-23-10-11-24-55(53)58-56)48-30-31-52-45(36-48)34-44-17-6-8-21-50(44)49-20-7-4-15-42(49)33-43-16-5-9-22-51(43)52/h1-32,35-37H,33-34H2. The summed E-state index contributed by atoms with van der Waals surface area (Å²) in [5, 5.41) is 2.26.